The van der Waals surface area contributed by atoms with Crippen LogP contribution in [0.2, 0.25) is 0 Å². The molecule has 0 aromatic carbocycles. The maximum atomic E-state index is 12.3. The number of nitrogens with zero attached hydrogens (tertiary/aromatic N) is 4. The van der Waals surface area contributed by atoms with E-state index in [4.69, 9.17) is 4.42 Å². The summed E-state index contributed by atoms with van der Waals surface area (Å²) in [7, 11) is 1.78. The smallest absolute Gasteiger partial charge is 0.247 e. The first-order chi connectivity index (χ1) is 10.1. The van der Waals surface area contributed by atoms with Crippen molar-refractivity contribution in [2.24, 2.45) is 5.92 Å². The van der Waals surface area contributed by atoms with Crippen molar-refractivity contribution in [3.8, 4) is 0 Å². The van der Waals surface area contributed by atoms with Gasteiger partial charge in [0.05, 0.1) is 6.54 Å². The van der Waals surface area contributed by atoms with Gasteiger partial charge in [0, 0.05) is 13.0 Å². The molecule has 0 radical (unpaired) electrons. The first-order valence-electron chi connectivity index (χ1n) is 7.24. The van der Waals surface area contributed by atoms with E-state index < -0.39 is 0 Å². The molecule has 3 rings (SSSR count). The highest BCUT2D eigenvalue weighted by atomic mass is 16.3. The van der Waals surface area contributed by atoms with Crippen molar-refractivity contribution < 1.29 is 9.21 Å². The summed E-state index contributed by atoms with van der Waals surface area (Å²) in [6.07, 6.45) is 4.18. The quantitative estimate of drug-likeness (QED) is 0.846. The van der Waals surface area contributed by atoms with Gasteiger partial charge in [0.25, 0.3) is 0 Å². The zero-order valence-corrected chi connectivity index (χ0v) is 12.6. The second kappa shape index (κ2) is 5.35. The van der Waals surface area contributed by atoms with Crippen LogP contribution in [0, 0.1) is 5.92 Å². The molecule has 1 amide bonds. The predicted molar refractivity (Wildman–Crippen MR) is 76.4 cm³/mol. The normalized spacial score (nSPS) is 22.0. The van der Waals surface area contributed by atoms with Crippen LogP contribution in [-0.2, 0) is 11.3 Å². The molecule has 0 N–H and O–H groups in total. The summed E-state index contributed by atoms with van der Waals surface area (Å²) in [5.41, 5.74) is 0. The van der Waals surface area contributed by atoms with Gasteiger partial charge in [0.1, 0.15) is 30.2 Å². The Morgan fingerprint density at radius 3 is 2.95 bits per heavy atom. The molecule has 1 aliphatic carbocycles. The highest BCUT2D eigenvalue weighted by Crippen LogP contribution is 2.47. The molecule has 0 bridgehead atoms. The lowest BCUT2D eigenvalue weighted by Crippen LogP contribution is -2.32. The Hall–Kier alpha value is -2.11. The Kier molecular flexibility index (Phi) is 3.53. The predicted octanol–water partition coefficient (Wildman–Crippen LogP) is 2.21. The Balaban J connectivity index is 1.61. The highest BCUT2D eigenvalue weighted by molar-refractivity contribution is 5.79. The summed E-state index contributed by atoms with van der Waals surface area (Å²) >= 11 is 0. The number of rotatable bonds is 5. The second-order valence-electron chi connectivity index (χ2n) is 5.87. The minimum Gasteiger partial charge on any atom is -0.464 e. The Morgan fingerprint density at radius 1 is 1.57 bits per heavy atom. The molecule has 1 saturated carbocycles. The third-order valence-corrected chi connectivity index (χ3v) is 4.12. The highest BCUT2D eigenvalue weighted by Gasteiger charge is 2.36. The van der Waals surface area contributed by atoms with Crippen molar-refractivity contribution in [1.29, 1.82) is 0 Å². The van der Waals surface area contributed by atoms with Crippen LogP contribution >= 0.6 is 0 Å². The van der Waals surface area contributed by atoms with E-state index in [1.807, 2.05) is 19.1 Å². The van der Waals surface area contributed by atoms with Gasteiger partial charge in [-0.1, -0.05) is 6.92 Å². The zero-order chi connectivity index (χ0) is 15.0. The molecule has 2 heterocycles. The zero-order valence-electron chi connectivity index (χ0n) is 12.6. The van der Waals surface area contributed by atoms with Crippen LogP contribution in [0.4, 0.5) is 0 Å². The Labute approximate surface area is 123 Å². The number of hydrogen-bond acceptors (Lipinski definition) is 4. The minimum atomic E-state index is -0.365. The number of hydrogen-bond donors (Lipinski definition) is 0. The number of likely N-dealkylation sites (N-methyl/N-ethyl adjacent to an activating group) is 1. The molecule has 0 saturated heterocycles. The summed E-state index contributed by atoms with van der Waals surface area (Å²) in [5.74, 6) is 3.14. The van der Waals surface area contributed by atoms with Gasteiger partial charge >= 0.3 is 0 Å². The van der Waals surface area contributed by atoms with Crippen molar-refractivity contribution in [3.63, 3.8) is 0 Å². The molecular weight excluding hydrogens is 268 g/mol. The van der Waals surface area contributed by atoms with Crippen molar-refractivity contribution in [2.45, 2.75) is 38.8 Å². The Morgan fingerprint density at radius 2 is 2.33 bits per heavy atom. The first kappa shape index (κ1) is 13.9. The fourth-order valence-electron chi connectivity index (χ4n) is 2.56. The summed E-state index contributed by atoms with van der Waals surface area (Å²) in [6, 6.07) is 3.63. The van der Waals surface area contributed by atoms with Gasteiger partial charge in [-0.15, -0.1) is 0 Å². The molecule has 1 aliphatic rings. The average molecular weight is 288 g/mol. The number of carbonyl (C=O) groups is 1. The largest absolute Gasteiger partial charge is 0.464 e. The molecule has 6 heteroatoms. The van der Waals surface area contributed by atoms with E-state index in [0.717, 1.165) is 17.4 Å². The molecule has 2 aromatic rings. The van der Waals surface area contributed by atoms with Gasteiger partial charge in [-0.05, 0) is 31.4 Å². The van der Waals surface area contributed by atoms with Crippen LogP contribution in [0.5, 0.6) is 0 Å². The molecule has 0 unspecified atom stereocenters. The maximum absolute atomic E-state index is 12.3. The number of aromatic nitrogens is 3. The van der Waals surface area contributed by atoms with Crippen LogP contribution in [0.15, 0.2) is 29.2 Å². The van der Waals surface area contributed by atoms with Crippen LogP contribution < -0.4 is 0 Å². The lowest BCUT2D eigenvalue weighted by atomic mass is 10.2. The Bertz CT molecular complexity index is 619. The number of furan rings is 1. The standard InChI is InChI=1S/C15H20N4O2/c1-10-6-13(10)14-5-4-12(21-14)7-18(3)15(20)11(2)19-9-16-8-17-19/h4-5,8-11,13H,6-7H2,1-3H3/t10-,11-,13-/m1/s1. The van der Waals surface area contributed by atoms with E-state index in [9.17, 15) is 4.79 Å². The van der Waals surface area contributed by atoms with Gasteiger partial charge in [-0.2, -0.15) is 5.10 Å². The monoisotopic (exact) mass is 288 g/mol. The van der Waals surface area contributed by atoms with Crippen LogP contribution in [0.3, 0.4) is 0 Å². The molecule has 21 heavy (non-hydrogen) atoms. The third-order valence-electron chi connectivity index (χ3n) is 4.12. The van der Waals surface area contributed by atoms with Gasteiger partial charge in [-0.3, -0.25) is 4.79 Å². The summed E-state index contributed by atoms with van der Waals surface area (Å²) in [5, 5.41) is 4.01. The van der Waals surface area contributed by atoms with Gasteiger partial charge < -0.3 is 9.32 Å². The first-order valence-corrected chi connectivity index (χ1v) is 7.24. The lowest BCUT2D eigenvalue weighted by molar-refractivity contribution is -0.134. The molecule has 0 spiro atoms. The minimum absolute atomic E-state index is 0.0155. The molecule has 1 fully saturated rings. The summed E-state index contributed by atoms with van der Waals surface area (Å²) in [6.45, 7) is 4.51. The molecular formula is C15H20N4O2. The SMILES string of the molecule is C[C@@H]1C[C@H]1c1ccc(CN(C)C(=O)[C@@H](C)n2cncn2)o1. The fourth-order valence-corrected chi connectivity index (χ4v) is 2.56. The summed E-state index contributed by atoms with van der Waals surface area (Å²) in [4.78, 5) is 17.9. The number of amides is 1. The van der Waals surface area contributed by atoms with Gasteiger partial charge in [-0.25, -0.2) is 9.67 Å². The summed E-state index contributed by atoms with van der Waals surface area (Å²) < 4.78 is 7.39. The van der Waals surface area contributed by atoms with Crippen LogP contribution in [0.25, 0.3) is 0 Å². The van der Waals surface area contributed by atoms with Gasteiger partial charge in [0.15, 0.2) is 0 Å². The molecule has 3 atom stereocenters. The van der Waals surface area contributed by atoms with E-state index in [-0.39, 0.29) is 11.9 Å². The van der Waals surface area contributed by atoms with Crippen molar-refractivity contribution >= 4 is 5.91 Å². The van der Waals surface area contributed by atoms with E-state index in [2.05, 4.69) is 17.0 Å². The maximum Gasteiger partial charge on any atom is 0.247 e. The fraction of sp³-hybridized carbons (Fsp3) is 0.533. The molecule has 2 aromatic heterocycles. The third kappa shape index (κ3) is 2.84. The van der Waals surface area contributed by atoms with Crippen molar-refractivity contribution in [1.82, 2.24) is 19.7 Å². The second-order valence-corrected chi connectivity index (χ2v) is 5.87. The van der Waals surface area contributed by atoms with E-state index >= 15 is 0 Å². The number of carbonyl (C=O) groups excluding carboxylic acids is 1. The van der Waals surface area contributed by atoms with E-state index in [0.29, 0.717) is 12.5 Å². The lowest BCUT2D eigenvalue weighted by Gasteiger charge is -2.20. The molecule has 112 valence electrons. The van der Waals surface area contributed by atoms with Gasteiger partial charge in [0.2, 0.25) is 5.91 Å². The van der Waals surface area contributed by atoms with E-state index in [1.54, 1.807) is 23.0 Å². The molecule has 6 nitrogen and oxygen atoms in total. The average Bonchev–Trinajstić information content (AvgIpc) is 2.92. The van der Waals surface area contributed by atoms with E-state index in [1.165, 1.54) is 12.7 Å². The topological polar surface area (TPSA) is 64.2 Å². The van der Waals surface area contributed by atoms with Crippen molar-refractivity contribution in [3.05, 3.63) is 36.3 Å². The van der Waals surface area contributed by atoms with Crippen LogP contribution in [-0.4, -0.2) is 32.6 Å². The van der Waals surface area contributed by atoms with Crippen molar-refractivity contribution in [2.75, 3.05) is 7.05 Å². The van der Waals surface area contributed by atoms with Crippen LogP contribution in [0.1, 0.15) is 43.7 Å². The molecule has 0 aliphatic heterocycles.